The van der Waals surface area contributed by atoms with Crippen molar-refractivity contribution in [1.29, 1.82) is 0 Å². The van der Waals surface area contributed by atoms with Crippen LogP contribution in [-0.2, 0) is 6.54 Å². The van der Waals surface area contributed by atoms with Crippen LogP contribution in [0.3, 0.4) is 0 Å². The van der Waals surface area contributed by atoms with Gasteiger partial charge in [0.15, 0.2) is 0 Å². The zero-order chi connectivity index (χ0) is 18.4. The van der Waals surface area contributed by atoms with Crippen molar-refractivity contribution in [2.24, 2.45) is 0 Å². The van der Waals surface area contributed by atoms with Crippen LogP contribution < -0.4 is 15.5 Å². The van der Waals surface area contributed by atoms with E-state index < -0.39 is 0 Å². The molecule has 3 N–H and O–H groups in total. The fourth-order valence-electron chi connectivity index (χ4n) is 3.42. The van der Waals surface area contributed by atoms with Gasteiger partial charge in [-0.15, -0.1) is 0 Å². The van der Waals surface area contributed by atoms with E-state index in [1.165, 1.54) is 5.56 Å². The highest BCUT2D eigenvalue weighted by Crippen LogP contribution is 2.26. The maximum Gasteiger partial charge on any atom is 0.319 e. The van der Waals surface area contributed by atoms with E-state index in [-0.39, 0.29) is 18.2 Å². The van der Waals surface area contributed by atoms with Crippen LogP contribution in [0.2, 0.25) is 0 Å². The van der Waals surface area contributed by atoms with Crippen LogP contribution in [0.5, 0.6) is 0 Å². The van der Waals surface area contributed by atoms with Crippen molar-refractivity contribution in [3.05, 3.63) is 60.2 Å². The van der Waals surface area contributed by atoms with Gasteiger partial charge in [-0.1, -0.05) is 42.5 Å². The normalized spacial score (nSPS) is 19.6. The Morgan fingerprint density at radius 1 is 1.04 bits per heavy atom. The van der Waals surface area contributed by atoms with Crippen LogP contribution in [0.4, 0.5) is 16.2 Å². The van der Waals surface area contributed by atoms with E-state index in [0.717, 1.165) is 43.6 Å². The fourth-order valence-corrected chi connectivity index (χ4v) is 3.42. The van der Waals surface area contributed by atoms with Gasteiger partial charge in [0.25, 0.3) is 0 Å². The molecule has 0 spiro atoms. The van der Waals surface area contributed by atoms with Crippen molar-refractivity contribution in [3.8, 4) is 0 Å². The molecule has 1 aliphatic rings. The zero-order valence-electron chi connectivity index (χ0n) is 15.2. The van der Waals surface area contributed by atoms with Crippen molar-refractivity contribution in [2.45, 2.75) is 44.4 Å². The minimum absolute atomic E-state index is 0.132. The number of aliphatic hydroxyl groups is 1. The molecule has 2 aromatic rings. The van der Waals surface area contributed by atoms with Crippen molar-refractivity contribution >= 4 is 17.4 Å². The van der Waals surface area contributed by atoms with E-state index >= 15 is 0 Å². The van der Waals surface area contributed by atoms with Crippen LogP contribution >= 0.6 is 0 Å². The van der Waals surface area contributed by atoms with Crippen LogP contribution in [0.1, 0.15) is 31.2 Å². The highest BCUT2D eigenvalue weighted by atomic mass is 16.3. The number of aliphatic hydroxyl groups excluding tert-OH is 1. The Kier molecular flexibility index (Phi) is 6.12. The summed E-state index contributed by atoms with van der Waals surface area (Å²) in [6.07, 6.45) is 2.93. The predicted octanol–water partition coefficient (Wildman–Crippen LogP) is 3.75. The first kappa shape index (κ1) is 18.3. The van der Waals surface area contributed by atoms with Gasteiger partial charge in [-0.25, -0.2) is 4.79 Å². The highest BCUT2D eigenvalue weighted by molar-refractivity contribution is 5.93. The average molecular weight is 353 g/mol. The van der Waals surface area contributed by atoms with E-state index in [0.29, 0.717) is 0 Å². The molecule has 0 heterocycles. The molecule has 3 rings (SSSR count). The van der Waals surface area contributed by atoms with Gasteiger partial charge in [-0.05, 0) is 43.4 Å². The zero-order valence-corrected chi connectivity index (χ0v) is 15.2. The number of rotatable bonds is 5. The standard InChI is InChI=1S/C21H27N3O2/c1-24(15-16-7-3-2-4-8-16)20-10-6-5-9-19(20)23-21(26)22-17-11-13-18(25)14-12-17/h2-10,17-18,25H,11-15H2,1H3,(H2,22,23,26). The van der Waals surface area contributed by atoms with Gasteiger partial charge >= 0.3 is 6.03 Å². The molecule has 2 aromatic carbocycles. The number of para-hydroxylation sites is 2. The molecule has 0 unspecified atom stereocenters. The number of amides is 2. The lowest BCUT2D eigenvalue weighted by molar-refractivity contribution is 0.118. The van der Waals surface area contributed by atoms with Gasteiger partial charge in [0, 0.05) is 19.6 Å². The number of carbonyl (C=O) groups is 1. The molecular formula is C21H27N3O2. The first-order chi connectivity index (χ1) is 12.6. The minimum atomic E-state index is -0.219. The first-order valence-corrected chi connectivity index (χ1v) is 9.21. The Hall–Kier alpha value is -2.53. The second-order valence-corrected chi connectivity index (χ2v) is 6.96. The van der Waals surface area contributed by atoms with Gasteiger partial charge < -0.3 is 20.6 Å². The Bertz CT molecular complexity index is 712. The Morgan fingerprint density at radius 2 is 1.69 bits per heavy atom. The quantitative estimate of drug-likeness (QED) is 0.767. The maximum atomic E-state index is 12.4. The number of nitrogens with one attached hydrogen (secondary N) is 2. The van der Waals surface area contributed by atoms with Crippen molar-refractivity contribution in [2.75, 3.05) is 17.3 Å². The molecule has 26 heavy (non-hydrogen) atoms. The summed E-state index contributed by atoms with van der Waals surface area (Å²) in [4.78, 5) is 14.5. The fraction of sp³-hybridized carbons (Fsp3) is 0.381. The number of anilines is 2. The van der Waals surface area contributed by atoms with Gasteiger partial charge in [0.1, 0.15) is 0 Å². The van der Waals surface area contributed by atoms with Gasteiger partial charge in [0.2, 0.25) is 0 Å². The van der Waals surface area contributed by atoms with Crippen LogP contribution in [0.15, 0.2) is 54.6 Å². The van der Waals surface area contributed by atoms with Gasteiger partial charge in [0.05, 0.1) is 17.5 Å². The summed E-state index contributed by atoms with van der Waals surface area (Å²) < 4.78 is 0. The molecule has 1 fully saturated rings. The van der Waals surface area contributed by atoms with E-state index in [2.05, 4.69) is 27.7 Å². The molecule has 5 nitrogen and oxygen atoms in total. The second-order valence-electron chi connectivity index (χ2n) is 6.96. The van der Waals surface area contributed by atoms with Crippen molar-refractivity contribution in [3.63, 3.8) is 0 Å². The number of benzene rings is 2. The third kappa shape index (κ3) is 4.99. The predicted molar refractivity (Wildman–Crippen MR) is 105 cm³/mol. The SMILES string of the molecule is CN(Cc1ccccc1)c1ccccc1NC(=O)NC1CCC(O)CC1. The third-order valence-electron chi connectivity index (χ3n) is 4.86. The van der Waals surface area contributed by atoms with Crippen molar-refractivity contribution in [1.82, 2.24) is 5.32 Å². The van der Waals surface area contributed by atoms with Crippen LogP contribution in [0.25, 0.3) is 0 Å². The number of urea groups is 1. The molecule has 0 aliphatic heterocycles. The average Bonchev–Trinajstić information content (AvgIpc) is 2.65. The molecule has 0 aromatic heterocycles. The summed E-state index contributed by atoms with van der Waals surface area (Å²) in [5.41, 5.74) is 2.99. The van der Waals surface area contributed by atoms with E-state index in [1.807, 2.05) is 49.5 Å². The molecule has 0 atom stereocenters. The molecular weight excluding hydrogens is 326 g/mol. The topological polar surface area (TPSA) is 64.6 Å². The lowest BCUT2D eigenvalue weighted by Gasteiger charge is -2.27. The molecule has 0 bridgehead atoms. The smallest absolute Gasteiger partial charge is 0.319 e. The largest absolute Gasteiger partial charge is 0.393 e. The monoisotopic (exact) mass is 353 g/mol. The van der Waals surface area contributed by atoms with Crippen molar-refractivity contribution < 1.29 is 9.90 Å². The summed E-state index contributed by atoms with van der Waals surface area (Å²) in [6, 6.07) is 18.0. The molecule has 0 saturated heterocycles. The third-order valence-corrected chi connectivity index (χ3v) is 4.86. The van der Waals surface area contributed by atoms with Gasteiger partial charge in [-0.3, -0.25) is 0 Å². The maximum absolute atomic E-state index is 12.4. The molecule has 138 valence electrons. The summed E-state index contributed by atoms with van der Waals surface area (Å²) in [5, 5.41) is 15.6. The first-order valence-electron chi connectivity index (χ1n) is 9.21. The summed E-state index contributed by atoms with van der Waals surface area (Å²) in [6.45, 7) is 0.766. The van der Waals surface area contributed by atoms with Crippen LogP contribution in [0, 0.1) is 0 Å². The summed E-state index contributed by atoms with van der Waals surface area (Å²) in [5.74, 6) is 0. The number of hydrogen-bond donors (Lipinski definition) is 3. The summed E-state index contributed by atoms with van der Waals surface area (Å²) in [7, 11) is 2.02. The number of carbonyl (C=O) groups excluding carboxylic acids is 1. The molecule has 0 radical (unpaired) electrons. The van der Waals surface area contributed by atoms with E-state index in [4.69, 9.17) is 0 Å². The Morgan fingerprint density at radius 3 is 2.42 bits per heavy atom. The van der Waals surface area contributed by atoms with E-state index in [1.54, 1.807) is 0 Å². The molecule has 5 heteroatoms. The van der Waals surface area contributed by atoms with Crippen LogP contribution in [-0.4, -0.2) is 30.3 Å². The number of hydrogen-bond acceptors (Lipinski definition) is 3. The highest BCUT2D eigenvalue weighted by Gasteiger charge is 2.21. The van der Waals surface area contributed by atoms with Gasteiger partial charge in [-0.2, -0.15) is 0 Å². The molecule has 1 saturated carbocycles. The molecule has 1 aliphatic carbocycles. The Labute approximate surface area is 155 Å². The summed E-state index contributed by atoms with van der Waals surface area (Å²) >= 11 is 0. The van der Waals surface area contributed by atoms with E-state index in [9.17, 15) is 9.90 Å². The second kappa shape index (κ2) is 8.72. The lowest BCUT2D eigenvalue weighted by Crippen LogP contribution is -2.41. The minimum Gasteiger partial charge on any atom is -0.393 e. The number of nitrogens with zero attached hydrogens (tertiary/aromatic N) is 1. The lowest BCUT2D eigenvalue weighted by atomic mass is 9.93. The molecule has 2 amide bonds. The Balaban J connectivity index is 1.62.